The van der Waals surface area contributed by atoms with Crippen LogP contribution in [0.25, 0.3) is 17.0 Å². The van der Waals surface area contributed by atoms with Gasteiger partial charge in [-0.05, 0) is 31.2 Å². The van der Waals surface area contributed by atoms with Gasteiger partial charge in [0.15, 0.2) is 0 Å². The van der Waals surface area contributed by atoms with Crippen LogP contribution in [0.4, 0.5) is 5.69 Å². The normalized spacial score (nSPS) is 11.1. The highest BCUT2D eigenvalue weighted by atomic mass is 15.3. The average Bonchev–Trinajstić information content (AvgIpc) is 2.83. The van der Waals surface area contributed by atoms with E-state index in [2.05, 4.69) is 15.1 Å². The van der Waals surface area contributed by atoms with E-state index < -0.39 is 0 Å². The number of anilines is 1. The standard InChI is InChI=1S/C11H11N5/c1-7-4-5-16(15-7)11-13-9-3-2-8(12)6-10(9)14-11/h2-6H,12H2,1H3,(H,13,14). The van der Waals surface area contributed by atoms with Crippen molar-refractivity contribution in [3.63, 3.8) is 0 Å². The largest absolute Gasteiger partial charge is 0.399 e. The Morgan fingerprint density at radius 1 is 1.31 bits per heavy atom. The molecule has 0 aliphatic heterocycles. The zero-order chi connectivity index (χ0) is 11.1. The molecule has 2 heterocycles. The molecule has 0 aliphatic carbocycles. The van der Waals surface area contributed by atoms with Crippen LogP contribution in [0.15, 0.2) is 30.5 Å². The molecular formula is C11H11N5. The fourth-order valence-corrected chi connectivity index (χ4v) is 1.66. The Balaban J connectivity index is 2.18. The Morgan fingerprint density at radius 3 is 2.94 bits per heavy atom. The van der Waals surface area contributed by atoms with Crippen molar-refractivity contribution in [1.82, 2.24) is 19.7 Å². The van der Waals surface area contributed by atoms with Crippen LogP contribution in [0.2, 0.25) is 0 Å². The van der Waals surface area contributed by atoms with E-state index in [1.165, 1.54) is 0 Å². The van der Waals surface area contributed by atoms with Gasteiger partial charge in [0.2, 0.25) is 5.95 Å². The number of nitrogen functional groups attached to an aromatic ring is 1. The van der Waals surface area contributed by atoms with E-state index in [1.54, 1.807) is 4.68 Å². The van der Waals surface area contributed by atoms with Crippen molar-refractivity contribution >= 4 is 16.7 Å². The molecule has 80 valence electrons. The highest BCUT2D eigenvalue weighted by molar-refractivity contribution is 5.79. The molecule has 0 fully saturated rings. The van der Waals surface area contributed by atoms with Crippen LogP contribution < -0.4 is 5.73 Å². The number of H-pyrrole nitrogens is 1. The van der Waals surface area contributed by atoms with E-state index in [0.717, 1.165) is 22.4 Å². The SMILES string of the molecule is Cc1ccn(-c2nc3ccc(N)cc3[nH]2)n1. The van der Waals surface area contributed by atoms with Gasteiger partial charge in [-0.3, -0.25) is 0 Å². The summed E-state index contributed by atoms with van der Waals surface area (Å²) in [6, 6.07) is 7.52. The quantitative estimate of drug-likeness (QED) is 0.603. The van der Waals surface area contributed by atoms with Crippen LogP contribution in [0.1, 0.15) is 5.69 Å². The van der Waals surface area contributed by atoms with Crippen LogP contribution in [0, 0.1) is 6.92 Å². The number of imidazole rings is 1. The fourth-order valence-electron chi connectivity index (χ4n) is 1.66. The molecule has 3 N–H and O–H groups in total. The summed E-state index contributed by atoms with van der Waals surface area (Å²) >= 11 is 0. The minimum absolute atomic E-state index is 0.703. The molecule has 0 aliphatic rings. The third-order valence-corrected chi connectivity index (χ3v) is 2.43. The Hall–Kier alpha value is -2.30. The average molecular weight is 213 g/mol. The van der Waals surface area contributed by atoms with Crippen LogP contribution in [0.5, 0.6) is 0 Å². The molecule has 16 heavy (non-hydrogen) atoms. The van der Waals surface area contributed by atoms with Gasteiger partial charge < -0.3 is 10.7 Å². The summed E-state index contributed by atoms with van der Waals surface area (Å²) in [6.45, 7) is 1.94. The lowest BCUT2D eigenvalue weighted by Crippen LogP contribution is -1.96. The Labute approximate surface area is 91.9 Å². The van der Waals surface area contributed by atoms with Gasteiger partial charge >= 0.3 is 0 Å². The van der Waals surface area contributed by atoms with Gasteiger partial charge in [0, 0.05) is 11.9 Å². The summed E-state index contributed by atoms with van der Waals surface area (Å²) < 4.78 is 1.71. The first-order valence-corrected chi connectivity index (χ1v) is 5.00. The van der Waals surface area contributed by atoms with E-state index in [0.29, 0.717) is 5.95 Å². The zero-order valence-electron chi connectivity index (χ0n) is 8.81. The van der Waals surface area contributed by atoms with Crippen molar-refractivity contribution in [3.8, 4) is 5.95 Å². The maximum absolute atomic E-state index is 5.71. The lowest BCUT2D eigenvalue weighted by Gasteiger charge is -1.92. The van der Waals surface area contributed by atoms with E-state index in [-0.39, 0.29) is 0 Å². The molecule has 5 heteroatoms. The molecule has 0 spiro atoms. The second kappa shape index (κ2) is 3.10. The predicted octanol–water partition coefficient (Wildman–Crippen LogP) is 1.64. The lowest BCUT2D eigenvalue weighted by atomic mass is 10.3. The molecule has 0 saturated heterocycles. The van der Waals surface area contributed by atoms with Crippen molar-refractivity contribution in [1.29, 1.82) is 0 Å². The summed E-state index contributed by atoms with van der Waals surface area (Å²) in [4.78, 5) is 7.60. The number of fused-ring (bicyclic) bond motifs is 1. The first kappa shape index (κ1) is 8.96. The number of nitrogens with zero attached hydrogens (tertiary/aromatic N) is 3. The van der Waals surface area contributed by atoms with E-state index >= 15 is 0 Å². The third kappa shape index (κ3) is 1.33. The lowest BCUT2D eigenvalue weighted by molar-refractivity contribution is 0.816. The number of aromatic nitrogens is 4. The molecule has 0 atom stereocenters. The van der Waals surface area contributed by atoms with E-state index in [4.69, 9.17) is 5.73 Å². The summed E-state index contributed by atoms with van der Waals surface area (Å²) in [5.74, 6) is 0.703. The van der Waals surface area contributed by atoms with Crippen molar-refractivity contribution in [2.24, 2.45) is 0 Å². The van der Waals surface area contributed by atoms with Crippen molar-refractivity contribution in [2.75, 3.05) is 5.73 Å². The number of aromatic amines is 1. The molecule has 0 bridgehead atoms. The second-order valence-electron chi connectivity index (χ2n) is 3.74. The van der Waals surface area contributed by atoms with Gasteiger partial charge in [0.25, 0.3) is 0 Å². The van der Waals surface area contributed by atoms with Crippen LogP contribution >= 0.6 is 0 Å². The zero-order valence-corrected chi connectivity index (χ0v) is 8.81. The van der Waals surface area contributed by atoms with E-state index in [9.17, 15) is 0 Å². The number of hydrogen-bond donors (Lipinski definition) is 2. The molecule has 2 aromatic heterocycles. The van der Waals surface area contributed by atoms with Crippen molar-refractivity contribution < 1.29 is 0 Å². The van der Waals surface area contributed by atoms with Crippen LogP contribution in [0.3, 0.4) is 0 Å². The second-order valence-corrected chi connectivity index (χ2v) is 3.74. The Morgan fingerprint density at radius 2 is 2.19 bits per heavy atom. The number of aryl methyl sites for hydroxylation is 1. The molecule has 0 radical (unpaired) electrons. The minimum Gasteiger partial charge on any atom is -0.399 e. The summed E-state index contributed by atoms with van der Waals surface area (Å²) in [5, 5.41) is 4.29. The van der Waals surface area contributed by atoms with Gasteiger partial charge in [-0.25, -0.2) is 9.67 Å². The molecule has 0 saturated carbocycles. The first-order chi connectivity index (χ1) is 7.72. The smallest absolute Gasteiger partial charge is 0.229 e. The number of rotatable bonds is 1. The van der Waals surface area contributed by atoms with Crippen molar-refractivity contribution in [3.05, 3.63) is 36.2 Å². The number of hydrogen-bond acceptors (Lipinski definition) is 3. The number of nitrogens with two attached hydrogens (primary N) is 1. The molecule has 0 unspecified atom stereocenters. The molecule has 1 aromatic carbocycles. The summed E-state index contributed by atoms with van der Waals surface area (Å²) in [6.07, 6.45) is 1.87. The van der Waals surface area contributed by atoms with Crippen LogP contribution in [-0.2, 0) is 0 Å². The molecule has 5 nitrogen and oxygen atoms in total. The number of nitrogens with one attached hydrogen (secondary N) is 1. The Bertz CT molecular complexity index is 649. The minimum atomic E-state index is 0.703. The molecule has 3 rings (SSSR count). The topological polar surface area (TPSA) is 72.5 Å². The maximum Gasteiger partial charge on any atom is 0.229 e. The predicted molar refractivity (Wildman–Crippen MR) is 62.4 cm³/mol. The van der Waals surface area contributed by atoms with Gasteiger partial charge in [-0.1, -0.05) is 0 Å². The maximum atomic E-state index is 5.71. The first-order valence-electron chi connectivity index (χ1n) is 5.00. The third-order valence-electron chi connectivity index (χ3n) is 2.43. The monoisotopic (exact) mass is 213 g/mol. The number of benzene rings is 1. The van der Waals surface area contributed by atoms with Gasteiger partial charge in [0.1, 0.15) is 0 Å². The molecule has 0 amide bonds. The summed E-state index contributed by atoms with van der Waals surface area (Å²) in [5.41, 5.74) is 9.19. The fraction of sp³-hybridized carbons (Fsp3) is 0.0909. The van der Waals surface area contributed by atoms with Crippen LogP contribution in [-0.4, -0.2) is 19.7 Å². The van der Waals surface area contributed by atoms with Crippen molar-refractivity contribution in [2.45, 2.75) is 6.92 Å². The van der Waals surface area contributed by atoms with Gasteiger partial charge in [-0.15, -0.1) is 0 Å². The molecular weight excluding hydrogens is 202 g/mol. The van der Waals surface area contributed by atoms with E-state index in [1.807, 2.05) is 37.4 Å². The highest BCUT2D eigenvalue weighted by Crippen LogP contribution is 2.16. The molecule has 3 aromatic rings. The highest BCUT2D eigenvalue weighted by Gasteiger charge is 2.05. The summed E-state index contributed by atoms with van der Waals surface area (Å²) in [7, 11) is 0. The Kier molecular flexibility index (Phi) is 1.73. The van der Waals surface area contributed by atoms with Gasteiger partial charge in [-0.2, -0.15) is 5.10 Å². The van der Waals surface area contributed by atoms with Gasteiger partial charge in [0.05, 0.1) is 16.7 Å².